The van der Waals surface area contributed by atoms with Crippen molar-refractivity contribution in [2.75, 3.05) is 11.9 Å². The van der Waals surface area contributed by atoms with E-state index in [4.69, 9.17) is 11.6 Å². The first-order valence-corrected chi connectivity index (χ1v) is 8.13. The van der Waals surface area contributed by atoms with Crippen LogP contribution in [0.25, 0.3) is 6.08 Å². The maximum Gasteiger partial charge on any atom is 0.417 e. The van der Waals surface area contributed by atoms with Gasteiger partial charge in [-0.15, -0.1) is 0 Å². The topological polar surface area (TPSA) is 58.2 Å². The van der Waals surface area contributed by atoms with Crippen molar-refractivity contribution in [3.05, 3.63) is 70.0 Å². The quantitative estimate of drug-likeness (QED) is 0.410. The molecule has 2 rings (SSSR count). The number of alkyl halides is 3. The van der Waals surface area contributed by atoms with Gasteiger partial charge < -0.3 is 10.6 Å². The number of amides is 2. The third kappa shape index (κ3) is 5.98. The SMILES string of the molecule is O=C(C=Cc1ccc(Cl)c(C(F)(F)F)c1)NCC(=O)Nc1ccc(F)c(F)c1F. The maximum absolute atomic E-state index is 13.5. The van der Waals surface area contributed by atoms with Crippen molar-refractivity contribution in [3.63, 3.8) is 0 Å². The van der Waals surface area contributed by atoms with Crippen molar-refractivity contribution >= 4 is 35.2 Å². The van der Waals surface area contributed by atoms with Gasteiger partial charge >= 0.3 is 6.18 Å². The summed E-state index contributed by atoms with van der Waals surface area (Å²) in [4.78, 5) is 23.3. The van der Waals surface area contributed by atoms with Gasteiger partial charge in [0, 0.05) is 6.08 Å². The molecular formula is C18H11ClF6N2O2. The highest BCUT2D eigenvalue weighted by Crippen LogP contribution is 2.35. The molecule has 4 nitrogen and oxygen atoms in total. The molecule has 0 aliphatic carbocycles. The molecule has 154 valence electrons. The summed E-state index contributed by atoms with van der Waals surface area (Å²) in [5.41, 5.74) is -1.67. The van der Waals surface area contributed by atoms with Crippen LogP contribution < -0.4 is 10.6 Å². The van der Waals surface area contributed by atoms with Crippen molar-refractivity contribution < 1.29 is 35.9 Å². The minimum atomic E-state index is -4.67. The molecule has 11 heteroatoms. The molecule has 0 aliphatic rings. The molecule has 2 N–H and O–H groups in total. The van der Waals surface area contributed by atoms with Crippen LogP contribution >= 0.6 is 11.6 Å². The fourth-order valence-corrected chi connectivity index (χ4v) is 2.30. The minimum absolute atomic E-state index is 0.0326. The maximum atomic E-state index is 13.5. The summed E-state index contributed by atoms with van der Waals surface area (Å²) >= 11 is 5.49. The van der Waals surface area contributed by atoms with Gasteiger partial charge in [-0.25, -0.2) is 13.2 Å². The van der Waals surface area contributed by atoms with Gasteiger partial charge in [-0.05, 0) is 35.9 Å². The molecule has 0 spiro atoms. The van der Waals surface area contributed by atoms with E-state index in [-0.39, 0.29) is 5.56 Å². The lowest BCUT2D eigenvalue weighted by Gasteiger charge is -2.09. The van der Waals surface area contributed by atoms with Crippen LogP contribution in [-0.4, -0.2) is 18.4 Å². The molecule has 0 aromatic heterocycles. The predicted octanol–water partition coefficient (Wildman–Crippen LogP) is 4.54. The van der Waals surface area contributed by atoms with E-state index >= 15 is 0 Å². The Kier molecular flexibility index (Phi) is 6.91. The monoisotopic (exact) mass is 436 g/mol. The molecular weight excluding hydrogens is 426 g/mol. The van der Waals surface area contributed by atoms with Crippen molar-refractivity contribution in [2.24, 2.45) is 0 Å². The number of hydrogen-bond acceptors (Lipinski definition) is 2. The normalized spacial score (nSPS) is 11.6. The Hall–Kier alpha value is -3.01. The molecule has 0 radical (unpaired) electrons. The molecule has 0 fully saturated rings. The number of anilines is 1. The Balaban J connectivity index is 1.95. The highest BCUT2D eigenvalue weighted by molar-refractivity contribution is 6.31. The van der Waals surface area contributed by atoms with Gasteiger partial charge in [0.1, 0.15) is 0 Å². The smallest absolute Gasteiger partial charge is 0.343 e. The lowest BCUT2D eigenvalue weighted by Crippen LogP contribution is -2.32. The van der Waals surface area contributed by atoms with Gasteiger partial charge in [-0.1, -0.05) is 17.7 Å². The standard InChI is InChI=1S/C18H11ClF6N2O2/c19-11-3-1-9(7-10(11)18(23,24)25)2-6-14(28)26-8-15(29)27-13-5-4-12(20)16(21)17(13)22/h1-7H,8H2,(H,26,28)(H,27,29). The first-order chi connectivity index (χ1) is 13.5. The predicted molar refractivity (Wildman–Crippen MR) is 93.4 cm³/mol. The number of halogens is 7. The van der Waals surface area contributed by atoms with E-state index in [1.54, 1.807) is 0 Å². The van der Waals surface area contributed by atoms with Crippen LogP contribution in [0.3, 0.4) is 0 Å². The summed E-state index contributed by atoms with van der Waals surface area (Å²) in [5, 5.41) is 3.54. The first-order valence-electron chi connectivity index (χ1n) is 7.75. The van der Waals surface area contributed by atoms with Gasteiger partial charge in [0.15, 0.2) is 17.5 Å². The molecule has 2 aromatic carbocycles. The van der Waals surface area contributed by atoms with Crippen LogP contribution in [0.1, 0.15) is 11.1 Å². The average molecular weight is 437 g/mol. The van der Waals surface area contributed by atoms with Crippen LogP contribution in [0.5, 0.6) is 0 Å². The van der Waals surface area contributed by atoms with Crippen molar-refractivity contribution in [2.45, 2.75) is 6.18 Å². The van der Waals surface area contributed by atoms with Gasteiger partial charge in [0.05, 0.1) is 22.8 Å². The van der Waals surface area contributed by atoms with E-state index in [2.05, 4.69) is 5.32 Å². The summed E-state index contributed by atoms with van der Waals surface area (Å²) in [6.07, 6.45) is -2.74. The Morgan fingerprint density at radius 3 is 2.38 bits per heavy atom. The number of hydrogen-bond donors (Lipinski definition) is 2. The molecule has 0 aliphatic heterocycles. The lowest BCUT2D eigenvalue weighted by molar-refractivity contribution is -0.137. The second-order valence-corrected chi connectivity index (χ2v) is 5.97. The molecule has 0 saturated carbocycles. The van der Waals surface area contributed by atoms with E-state index in [0.29, 0.717) is 6.07 Å². The number of rotatable bonds is 5. The first kappa shape index (κ1) is 22.3. The van der Waals surface area contributed by atoms with E-state index in [9.17, 15) is 35.9 Å². The molecule has 0 unspecified atom stereocenters. The van der Waals surface area contributed by atoms with Gasteiger partial charge in [0.25, 0.3) is 0 Å². The number of benzene rings is 2. The lowest BCUT2D eigenvalue weighted by atomic mass is 10.1. The van der Waals surface area contributed by atoms with Crippen LogP contribution in [0, 0.1) is 17.5 Å². The highest BCUT2D eigenvalue weighted by atomic mass is 35.5. The van der Waals surface area contributed by atoms with E-state index in [1.165, 1.54) is 6.07 Å². The zero-order valence-electron chi connectivity index (χ0n) is 14.2. The Morgan fingerprint density at radius 2 is 1.72 bits per heavy atom. The second-order valence-electron chi connectivity index (χ2n) is 5.56. The van der Waals surface area contributed by atoms with Gasteiger partial charge in [0.2, 0.25) is 11.8 Å². The van der Waals surface area contributed by atoms with E-state index in [1.807, 2.05) is 5.32 Å². The molecule has 29 heavy (non-hydrogen) atoms. The molecule has 0 atom stereocenters. The number of carbonyl (C=O) groups is 2. The fourth-order valence-electron chi connectivity index (χ4n) is 2.08. The van der Waals surface area contributed by atoms with Crippen LogP contribution in [0.2, 0.25) is 5.02 Å². The van der Waals surface area contributed by atoms with Gasteiger partial charge in [-0.2, -0.15) is 13.2 Å². The Bertz CT molecular complexity index is 976. The molecule has 0 bridgehead atoms. The summed E-state index contributed by atoms with van der Waals surface area (Å²) in [7, 11) is 0. The summed E-state index contributed by atoms with van der Waals surface area (Å²) < 4.78 is 77.7. The fraction of sp³-hybridized carbons (Fsp3) is 0.111. The minimum Gasteiger partial charge on any atom is -0.343 e. The van der Waals surface area contributed by atoms with Crippen molar-refractivity contribution in [3.8, 4) is 0 Å². The van der Waals surface area contributed by atoms with Crippen LogP contribution in [0.15, 0.2) is 36.4 Å². The van der Waals surface area contributed by atoms with Crippen molar-refractivity contribution in [1.29, 1.82) is 0 Å². The Morgan fingerprint density at radius 1 is 1.03 bits per heavy atom. The van der Waals surface area contributed by atoms with Crippen LogP contribution in [0.4, 0.5) is 32.0 Å². The summed E-state index contributed by atoms with van der Waals surface area (Å²) in [5.74, 6) is -6.59. The molecule has 0 saturated heterocycles. The number of carbonyl (C=O) groups excluding carboxylic acids is 2. The van der Waals surface area contributed by atoms with Crippen LogP contribution in [-0.2, 0) is 15.8 Å². The van der Waals surface area contributed by atoms with E-state index in [0.717, 1.165) is 30.4 Å². The summed E-state index contributed by atoms with van der Waals surface area (Å²) in [6.45, 7) is -0.657. The number of nitrogens with one attached hydrogen (secondary N) is 2. The third-order valence-electron chi connectivity index (χ3n) is 3.46. The zero-order chi connectivity index (χ0) is 21.8. The van der Waals surface area contributed by atoms with Gasteiger partial charge in [-0.3, -0.25) is 9.59 Å². The highest BCUT2D eigenvalue weighted by Gasteiger charge is 2.33. The molecule has 2 aromatic rings. The Labute approximate surface area is 165 Å². The second kappa shape index (κ2) is 8.99. The largest absolute Gasteiger partial charge is 0.417 e. The zero-order valence-corrected chi connectivity index (χ0v) is 15.0. The summed E-state index contributed by atoms with van der Waals surface area (Å²) in [6, 6.07) is 4.42. The van der Waals surface area contributed by atoms with E-state index < -0.39 is 58.3 Å². The molecule has 2 amide bonds. The third-order valence-corrected chi connectivity index (χ3v) is 3.79. The average Bonchev–Trinajstić information content (AvgIpc) is 2.65. The van der Waals surface area contributed by atoms with Crippen molar-refractivity contribution in [1.82, 2.24) is 5.32 Å². The molecule has 0 heterocycles.